The molecular formula is C13H22N2O3. The second kappa shape index (κ2) is 7.89. The number of hydrogen-bond acceptors (Lipinski definition) is 3. The van der Waals surface area contributed by atoms with E-state index in [-0.39, 0.29) is 12.5 Å². The van der Waals surface area contributed by atoms with E-state index in [2.05, 4.69) is 6.92 Å². The summed E-state index contributed by atoms with van der Waals surface area (Å²) in [6.07, 6.45) is 2.89. The maximum absolute atomic E-state index is 12.3. The number of rotatable bonds is 8. The Morgan fingerprint density at radius 2 is 2.28 bits per heavy atom. The van der Waals surface area contributed by atoms with Crippen molar-refractivity contribution in [2.45, 2.75) is 19.9 Å². The normalized spacial score (nSPS) is 10.6. The van der Waals surface area contributed by atoms with Gasteiger partial charge in [0.15, 0.2) is 0 Å². The third kappa shape index (κ3) is 3.85. The Balaban J connectivity index is 2.77. The third-order valence-corrected chi connectivity index (χ3v) is 2.74. The standard InChI is InChI=1S/C13H22N2O3/c1-3-6-14-7-4-5-12(14)13(17)15(8-10-16)9-11-18-2/h4-5,7,16H,3,6,8-11H2,1-2H3. The Hall–Kier alpha value is -1.33. The summed E-state index contributed by atoms with van der Waals surface area (Å²) in [4.78, 5) is 14.0. The van der Waals surface area contributed by atoms with Crippen LogP contribution in [-0.4, -0.2) is 53.9 Å². The van der Waals surface area contributed by atoms with Gasteiger partial charge in [0.2, 0.25) is 0 Å². The largest absolute Gasteiger partial charge is 0.395 e. The van der Waals surface area contributed by atoms with Crippen LogP contribution in [0.3, 0.4) is 0 Å². The summed E-state index contributed by atoms with van der Waals surface area (Å²) < 4.78 is 6.93. The van der Waals surface area contributed by atoms with Gasteiger partial charge in [-0.1, -0.05) is 6.92 Å². The van der Waals surface area contributed by atoms with E-state index in [0.717, 1.165) is 13.0 Å². The van der Waals surface area contributed by atoms with Crippen LogP contribution >= 0.6 is 0 Å². The molecule has 0 spiro atoms. The van der Waals surface area contributed by atoms with Crippen LogP contribution < -0.4 is 0 Å². The Morgan fingerprint density at radius 3 is 2.89 bits per heavy atom. The van der Waals surface area contributed by atoms with Crippen LogP contribution in [0.25, 0.3) is 0 Å². The number of hydrogen-bond donors (Lipinski definition) is 1. The molecule has 5 heteroatoms. The zero-order chi connectivity index (χ0) is 13.4. The molecule has 5 nitrogen and oxygen atoms in total. The lowest BCUT2D eigenvalue weighted by Gasteiger charge is -2.22. The third-order valence-electron chi connectivity index (χ3n) is 2.74. The number of aliphatic hydroxyl groups excluding tert-OH is 1. The summed E-state index contributed by atoms with van der Waals surface area (Å²) >= 11 is 0. The lowest BCUT2D eigenvalue weighted by Crippen LogP contribution is -2.37. The average Bonchev–Trinajstić information content (AvgIpc) is 2.82. The van der Waals surface area contributed by atoms with Crippen LogP contribution in [-0.2, 0) is 11.3 Å². The molecule has 1 aromatic heterocycles. The SMILES string of the molecule is CCCn1cccc1C(=O)N(CCO)CCOC. The summed E-state index contributed by atoms with van der Waals surface area (Å²) in [6, 6.07) is 3.69. The molecule has 102 valence electrons. The molecule has 0 saturated heterocycles. The summed E-state index contributed by atoms with van der Waals surface area (Å²) in [6.45, 7) is 4.16. The van der Waals surface area contributed by atoms with Crippen LogP contribution in [0.15, 0.2) is 18.3 Å². The second-order valence-corrected chi connectivity index (χ2v) is 4.10. The minimum atomic E-state index is -0.0560. The van der Waals surface area contributed by atoms with E-state index in [1.165, 1.54) is 0 Å². The number of aromatic nitrogens is 1. The molecule has 0 atom stereocenters. The molecule has 0 unspecified atom stereocenters. The van der Waals surface area contributed by atoms with Crippen LogP contribution in [0.4, 0.5) is 0 Å². The van der Waals surface area contributed by atoms with Crippen LogP contribution in [0, 0.1) is 0 Å². The predicted octanol–water partition coefficient (Wildman–Crippen LogP) is 0.979. The molecule has 0 aliphatic heterocycles. The Morgan fingerprint density at radius 1 is 1.50 bits per heavy atom. The monoisotopic (exact) mass is 254 g/mol. The minimum absolute atomic E-state index is 0.0378. The molecule has 0 aliphatic carbocycles. The van der Waals surface area contributed by atoms with Crippen molar-refractivity contribution >= 4 is 5.91 Å². The van der Waals surface area contributed by atoms with Crippen molar-refractivity contribution < 1.29 is 14.6 Å². The molecule has 0 aliphatic rings. The molecule has 1 N–H and O–H groups in total. The minimum Gasteiger partial charge on any atom is -0.395 e. The predicted molar refractivity (Wildman–Crippen MR) is 69.6 cm³/mol. The molecule has 1 rings (SSSR count). The lowest BCUT2D eigenvalue weighted by atomic mass is 10.3. The number of amides is 1. The first-order valence-corrected chi connectivity index (χ1v) is 6.28. The molecule has 0 radical (unpaired) electrons. The number of aryl methyl sites for hydroxylation is 1. The number of methoxy groups -OCH3 is 1. The number of carbonyl (C=O) groups excluding carboxylic acids is 1. The average molecular weight is 254 g/mol. The van der Waals surface area contributed by atoms with Crippen LogP contribution in [0.2, 0.25) is 0 Å². The molecule has 18 heavy (non-hydrogen) atoms. The highest BCUT2D eigenvalue weighted by molar-refractivity contribution is 5.92. The summed E-state index contributed by atoms with van der Waals surface area (Å²) in [5.41, 5.74) is 0.668. The molecule has 0 bridgehead atoms. The van der Waals surface area contributed by atoms with E-state index in [0.29, 0.717) is 25.4 Å². The topological polar surface area (TPSA) is 54.7 Å². The van der Waals surface area contributed by atoms with Crippen molar-refractivity contribution in [2.24, 2.45) is 0 Å². The van der Waals surface area contributed by atoms with Gasteiger partial charge in [-0.15, -0.1) is 0 Å². The van der Waals surface area contributed by atoms with E-state index in [4.69, 9.17) is 9.84 Å². The van der Waals surface area contributed by atoms with E-state index < -0.39 is 0 Å². The maximum Gasteiger partial charge on any atom is 0.270 e. The van der Waals surface area contributed by atoms with Gasteiger partial charge in [0, 0.05) is 32.9 Å². The Labute approximate surface area is 108 Å². The Kier molecular flexibility index (Phi) is 6.46. The van der Waals surface area contributed by atoms with E-state index in [1.807, 2.05) is 22.9 Å². The fourth-order valence-electron chi connectivity index (χ4n) is 1.84. The fraction of sp³-hybridized carbons (Fsp3) is 0.615. The molecule has 1 heterocycles. The van der Waals surface area contributed by atoms with Gasteiger partial charge < -0.3 is 19.3 Å². The number of ether oxygens (including phenoxy) is 1. The van der Waals surface area contributed by atoms with Gasteiger partial charge in [-0.2, -0.15) is 0 Å². The highest BCUT2D eigenvalue weighted by Gasteiger charge is 2.17. The molecule has 1 amide bonds. The van der Waals surface area contributed by atoms with E-state index in [1.54, 1.807) is 12.0 Å². The Bertz CT molecular complexity index is 363. The van der Waals surface area contributed by atoms with E-state index in [9.17, 15) is 4.79 Å². The van der Waals surface area contributed by atoms with Gasteiger partial charge in [-0.3, -0.25) is 4.79 Å². The van der Waals surface area contributed by atoms with Crippen molar-refractivity contribution in [2.75, 3.05) is 33.4 Å². The van der Waals surface area contributed by atoms with Gasteiger partial charge in [0.05, 0.1) is 13.2 Å². The van der Waals surface area contributed by atoms with E-state index >= 15 is 0 Å². The summed E-state index contributed by atoms with van der Waals surface area (Å²) in [7, 11) is 1.60. The summed E-state index contributed by atoms with van der Waals surface area (Å²) in [5, 5.41) is 9.01. The molecule has 0 fully saturated rings. The smallest absolute Gasteiger partial charge is 0.270 e. The highest BCUT2D eigenvalue weighted by atomic mass is 16.5. The molecule has 0 saturated carbocycles. The van der Waals surface area contributed by atoms with Crippen molar-refractivity contribution in [3.05, 3.63) is 24.0 Å². The van der Waals surface area contributed by atoms with Crippen LogP contribution in [0.1, 0.15) is 23.8 Å². The lowest BCUT2D eigenvalue weighted by molar-refractivity contribution is 0.0646. The summed E-state index contributed by atoms with van der Waals surface area (Å²) in [5.74, 6) is -0.0560. The van der Waals surface area contributed by atoms with Gasteiger partial charge in [0.1, 0.15) is 5.69 Å². The van der Waals surface area contributed by atoms with Crippen molar-refractivity contribution in [3.8, 4) is 0 Å². The van der Waals surface area contributed by atoms with Gasteiger partial charge in [-0.05, 0) is 18.6 Å². The van der Waals surface area contributed by atoms with Crippen molar-refractivity contribution in [1.29, 1.82) is 0 Å². The number of nitrogens with zero attached hydrogens (tertiary/aromatic N) is 2. The quantitative estimate of drug-likeness (QED) is 0.752. The van der Waals surface area contributed by atoms with Gasteiger partial charge >= 0.3 is 0 Å². The molecule has 0 aromatic carbocycles. The number of carbonyl (C=O) groups is 1. The fourth-order valence-corrected chi connectivity index (χ4v) is 1.84. The second-order valence-electron chi connectivity index (χ2n) is 4.10. The maximum atomic E-state index is 12.3. The van der Waals surface area contributed by atoms with Crippen molar-refractivity contribution in [1.82, 2.24) is 9.47 Å². The first kappa shape index (κ1) is 14.7. The molecular weight excluding hydrogens is 232 g/mol. The molecule has 1 aromatic rings. The highest BCUT2D eigenvalue weighted by Crippen LogP contribution is 2.08. The zero-order valence-corrected chi connectivity index (χ0v) is 11.1. The van der Waals surface area contributed by atoms with Gasteiger partial charge in [0.25, 0.3) is 5.91 Å². The van der Waals surface area contributed by atoms with Crippen LogP contribution in [0.5, 0.6) is 0 Å². The first-order valence-electron chi connectivity index (χ1n) is 6.28. The first-order chi connectivity index (χ1) is 8.74. The number of aliphatic hydroxyl groups is 1. The zero-order valence-electron chi connectivity index (χ0n) is 11.1. The van der Waals surface area contributed by atoms with Gasteiger partial charge in [-0.25, -0.2) is 0 Å². The van der Waals surface area contributed by atoms with Crippen molar-refractivity contribution in [3.63, 3.8) is 0 Å².